The molecule has 0 heterocycles. The van der Waals surface area contributed by atoms with E-state index in [2.05, 4.69) is 4.74 Å². The number of ether oxygens (including phenoxy) is 2. The molecule has 0 aliphatic rings. The van der Waals surface area contributed by atoms with Gasteiger partial charge < -0.3 is 12.3 Å². The number of alkyl halides is 3. The number of methoxy groups -OCH3 is 1. The Morgan fingerprint density at radius 3 is 2.44 bits per heavy atom. The normalized spacial score (nSPS) is 12.0. The fourth-order valence-corrected chi connectivity index (χ4v) is 2.25. The first-order valence-corrected chi connectivity index (χ1v) is 7.36. The molecule has 0 bridgehead atoms. The molecule has 27 heavy (non-hydrogen) atoms. The molecule has 0 radical (unpaired) electrons. The van der Waals surface area contributed by atoms with Gasteiger partial charge >= 0.3 is 50.1 Å². The molecule has 0 fully saturated rings. The van der Waals surface area contributed by atoms with Crippen molar-refractivity contribution < 1.29 is 35.2 Å². The van der Waals surface area contributed by atoms with Gasteiger partial charge in [-0.25, -0.2) is 0 Å². The fraction of sp³-hybridized carbons (Fsp3) is 0.188. The van der Waals surface area contributed by atoms with E-state index in [0.717, 1.165) is 19.2 Å². The van der Waals surface area contributed by atoms with Crippen LogP contribution in [0.15, 0.2) is 42.5 Å². The van der Waals surface area contributed by atoms with E-state index < -0.39 is 28.7 Å². The van der Waals surface area contributed by atoms with Crippen molar-refractivity contribution >= 4 is 55.1 Å². The second-order valence-corrected chi connectivity index (χ2v) is 5.42. The average Bonchev–Trinajstić information content (AvgIpc) is 2.56. The number of nitro groups is 1. The monoisotopic (exact) mass is 431 g/mol. The second-order valence-electron chi connectivity index (χ2n) is 5.01. The summed E-state index contributed by atoms with van der Waals surface area (Å²) >= 11 is 5.80. The summed E-state index contributed by atoms with van der Waals surface area (Å²) in [6, 6.07) is 7.87. The van der Waals surface area contributed by atoms with Crippen molar-refractivity contribution in [2.24, 2.45) is 0 Å². The molecular weight excluding hydrogens is 419 g/mol. The molecule has 0 saturated carbocycles. The van der Waals surface area contributed by atoms with Crippen LogP contribution < -0.4 is 4.74 Å². The van der Waals surface area contributed by atoms with Crippen LogP contribution in [0.3, 0.4) is 0 Å². The zero-order valence-corrected chi connectivity index (χ0v) is 16.8. The van der Waals surface area contributed by atoms with Gasteiger partial charge in [-0.15, -0.1) is 0 Å². The maximum Gasteiger partial charge on any atom is 2.00 e. The van der Waals surface area contributed by atoms with Crippen molar-refractivity contribution in [1.82, 2.24) is 0 Å². The molecule has 11 heteroatoms. The number of hydrogen-bond donors (Lipinski definition) is 0. The van der Waals surface area contributed by atoms with Crippen LogP contribution in [0.4, 0.5) is 13.2 Å². The summed E-state index contributed by atoms with van der Waals surface area (Å²) in [6.07, 6.45) is -6.42. The maximum absolute atomic E-state index is 12.6. The minimum absolute atomic E-state index is 0. The van der Waals surface area contributed by atoms with Crippen molar-refractivity contribution in [3.05, 3.63) is 68.7 Å². The molecule has 2 rings (SSSR count). The van der Waals surface area contributed by atoms with Crippen molar-refractivity contribution in [1.29, 1.82) is 0 Å². The summed E-state index contributed by atoms with van der Waals surface area (Å²) in [7, 11) is 1.02. The molecule has 0 N–H and O–H groups in total. The second kappa shape index (κ2) is 9.70. The molecule has 0 spiro atoms. The predicted molar refractivity (Wildman–Crippen MR) is 93.1 cm³/mol. The molecule has 0 aromatic heterocycles. The molecule has 0 saturated heterocycles. The van der Waals surface area contributed by atoms with Crippen molar-refractivity contribution in [3.8, 4) is 11.5 Å². The van der Waals surface area contributed by atoms with Crippen molar-refractivity contribution in [3.63, 3.8) is 0 Å². The van der Waals surface area contributed by atoms with Gasteiger partial charge in [0.25, 0.3) is 5.78 Å². The van der Waals surface area contributed by atoms with Gasteiger partial charge in [-0.1, -0.05) is 23.7 Å². The van der Waals surface area contributed by atoms with E-state index >= 15 is 0 Å². The quantitative estimate of drug-likeness (QED) is 0.222. The number of nitrogens with zero attached hydrogens (tertiary/aromatic N) is 1. The molecule has 2 aromatic carbocycles. The van der Waals surface area contributed by atoms with Crippen LogP contribution in [0.5, 0.6) is 11.5 Å². The number of carbonyl (C=O) groups excluding carboxylic acids is 1. The van der Waals surface area contributed by atoms with Crippen LogP contribution in [-0.2, 0) is 10.9 Å². The van der Waals surface area contributed by atoms with Crippen LogP contribution in [-0.4, -0.2) is 61.8 Å². The Bertz CT molecular complexity index is 858. The molecule has 0 amide bonds. The van der Waals surface area contributed by atoms with Crippen LogP contribution in [0.25, 0.3) is 0 Å². The number of benzene rings is 2. The predicted octanol–water partition coefficient (Wildman–Crippen LogP) is 4.43. The molecule has 0 aliphatic heterocycles. The third kappa shape index (κ3) is 6.05. The van der Waals surface area contributed by atoms with Crippen LogP contribution in [0.1, 0.15) is 18.8 Å². The summed E-state index contributed by atoms with van der Waals surface area (Å²) < 4.78 is 47.8. The summed E-state index contributed by atoms with van der Waals surface area (Å²) in [4.78, 5) is 22.0. The smallest absolute Gasteiger partial charge is 1.00 e. The van der Waals surface area contributed by atoms with Gasteiger partial charge in [-0.05, 0) is 30.3 Å². The van der Waals surface area contributed by atoms with Gasteiger partial charge in [0.2, 0.25) is 0 Å². The van der Waals surface area contributed by atoms with E-state index in [0.29, 0.717) is 6.07 Å². The van der Waals surface area contributed by atoms with Crippen LogP contribution in [0, 0.1) is 10.1 Å². The van der Waals surface area contributed by atoms with E-state index in [-0.39, 0.29) is 62.7 Å². The number of carbonyl (C=O) groups is 1. The third-order valence-electron chi connectivity index (χ3n) is 3.24. The molecule has 1 unspecified atom stereocenters. The first kappa shape index (κ1) is 23.6. The average molecular weight is 432 g/mol. The number of rotatable bonds is 6. The standard InChI is InChI=1S/C16H11ClF3NO5.Ca.2H/c1-25-15(21(23)24)14(22)9-3-2-4-11(7-9)26-13-6-5-10(8-12(13)17)16(18,19)20;;;/h2-8,15H,1H3;;;/q;+2;2*-1. The molecule has 1 atom stereocenters. The summed E-state index contributed by atoms with van der Waals surface area (Å²) in [5.74, 6) is -0.904. The number of hydrogen-bond acceptors (Lipinski definition) is 5. The Morgan fingerprint density at radius 1 is 1.26 bits per heavy atom. The topological polar surface area (TPSA) is 78.7 Å². The summed E-state index contributed by atoms with van der Waals surface area (Å²) in [5, 5.41) is 10.5. The van der Waals surface area contributed by atoms with E-state index in [4.69, 9.17) is 16.3 Å². The number of ketones is 1. The van der Waals surface area contributed by atoms with Gasteiger partial charge in [0.1, 0.15) is 11.5 Å². The SMILES string of the molecule is COC(C(=O)c1cccc(Oc2ccc(C(F)(F)F)cc2Cl)c1)[N+](=O)[O-].[Ca+2].[H-].[H-]. The first-order chi connectivity index (χ1) is 12.1. The molecule has 6 nitrogen and oxygen atoms in total. The maximum atomic E-state index is 12.6. The molecule has 142 valence electrons. The van der Waals surface area contributed by atoms with Gasteiger partial charge in [0.15, 0.2) is 0 Å². The van der Waals surface area contributed by atoms with Crippen LogP contribution >= 0.6 is 11.6 Å². The van der Waals surface area contributed by atoms with Gasteiger partial charge in [-0.3, -0.25) is 14.9 Å². The minimum atomic E-state index is -4.55. The van der Waals surface area contributed by atoms with Crippen molar-refractivity contribution in [2.75, 3.05) is 7.11 Å². The Kier molecular flexibility index (Phi) is 8.49. The van der Waals surface area contributed by atoms with E-state index in [1.807, 2.05) is 0 Å². The van der Waals surface area contributed by atoms with Crippen molar-refractivity contribution in [2.45, 2.75) is 12.4 Å². The fourth-order valence-electron chi connectivity index (χ4n) is 2.03. The first-order valence-electron chi connectivity index (χ1n) is 6.98. The van der Waals surface area contributed by atoms with Gasteiger partial charge in [0.05, 0.1) is 15.5 Å². The van der Waals surface area contributed by atoms with Gasteiger partial charge in [0, 0.05) is 12.7 Å². The largest absolute Gasteiger partial charge is 2.00 e. The summed E-state index contributed by atoms with van der Waals surface area (Å²) in [6.45, 7) is 0. The third-order valence-corrected chi connectivity index (χ3v) is 3.54. The minimum Gasteiger partial charge on any atom is -1.00 e. The van der Waals surface area contributed by atoms with Gasteiger partial charge in [-0.2, -0.15) is 13.2 Å². The van der Waals surface area contributed by atoms with E-state index in [1.165, 1.54) is 24.3 Å². The zero-order chi connectivity index (χ0) is 19.5. The number of Topliss-reactive ketones (excluding diaryl/α,β-unsaturated/α-hetero) is 1. The molecule has 2 aromatic rings. The Labute approximate surface area is 189 Å². The molecule has 0 aliphatic carbocycles. The van der Waals surface area contributed by atoms with Crippen LogP contribution in [0.2, 0.25) is 5.02 Å². The van der Waals surface area contributed by atoms with E-state index in [1.54, 1.807) is 0 Å². The Hall–Kier alpha value is -1.39. The Balaban J connectivity index is 0. The number of halogens is 4. The molecular formula is C16H13CaClF3NO5. The van der Waals surface area contributed by atoms with E-state index in [9.17, 15) is 28.1 Å². The Morgan fingerprint density at radius 2 is 1.93 bits per heavy atom. The summed E-state index contributed by atoms with van der Waals surface area (Å²) in [5.41, 5.74) is -0.998. The zero-order valence-electron chi connectivity index (χ0n) is 15.8.